The molecule has 0 amide bonds. The molecule has 0 unspecified atom stereocenters. The van der Waals surface area contributed by atoms with Gasteiger partial charge in [0.2, 0.25) is 0 Å². The van der Waals surface area contributed by atoms with Crippen LogP contribution >= 0.6 is 0 Å². The number of rotatable bonds is 3. The Morgan fingerprint density at radius 2 is 1.72 bits per heavy atom. The van der Waals surface area contributed by atoms with Crippen LogP contribution in [0.2, 0.25) is 19.6 Å². The maximum absolute atomic E-state index is 10.1. The van der Waals surface area contributed by atoms with Gasteiger partial charge in [-0.25, -0.2) is 0 Å². The number of hydrogen-bond acceptors (Lipinski definition) is 2. The van der Waals surface area contributed by atoms with Gasteiger partial charge in [-0.3, -0.25) is 0 Å². The van der Waals surface area contributed by atoms with Crippen LogP contribution in [0.5, 0.6) is 0 Å². The average molecular weight is 268 g/mol. The van der Waals surface area contributed by atoms with E-state index in [4.69, 9.17) is 4.43 Å². The molecule has 0 aliphatic heterocycles. The predicted molar refractivity (Wildman–Crippen MR) is 78.9 cm³/mol. The standard InChI is InChI=1S/C15H28O2Si/c1-15(2,17-18(3,4)5)12-11-14(16)13-9-7-6-8-10-13/h13-14,16H,6-10H2,1-5H3/t14-/m0/s1. The molecule has 18 heavy (non-hydrogen) atoms. The van der Waals surface area contributed by atoms with Crippen LogP contribution in [0, 0.1) is 17.8 Å². The summed E-state index contributed by atoms with van der Waals surface area (Å²) in [4.78, 5) is 0. The smallest absolute Gasteiger partial charge is 0.185 e. The van der Waals surface area contributed by atoms with Gasteiger partial charge in [0.05, 0.1) is 0 Å². The van der Waals surface area contributed by atoms with Crippen molar-refractivity contribution in [2.24, 2.45) is 5.92 Å². The third-order valence-electron chi connectivity index (χ3n) is 3.18. The first-order valence-corrected chi connectivity index (χ1v) is 10.5. The molecule has 0 saturated heterocycles. The largest absolute Gasteiger partial charge is 0.402 e. The van der Waals surface area contributed by atoms with Gasteiger partial charge >= 0.3 is 0 Å². The summed E-state index contributed by atoms with van der Waals surface area (Å²) >= 11 is 0. The van der Waals surface area contributed by atoms with Crippen LogP contribution in [0.25, 0.3) is 0 Å². The summed E-state index contributed by atoms with van der Waals surface area (Å²) < 4.78 is 6.02. The van der Waals surface area contributed by atoms with Gasteiger partial charge < -0.3 is 9.53 Å². The van der Waals surface area contributed by atoms with Crippen molar-refractivity contribution in [3.63, 3.8) is 0 Å². The fourth-order valence-corrected chi connectivity index (χ4v) is 4.19. The fourth-order valence-electron chi connectivity index (χ4n) is 2.61. The SMILES string of the molecule is CC(C)(C#C[C@H](O)C1CCCCC1)O[Si](C)(C)C. The lowest BCUT2D eigenvalue weighted by atomic mass is 9.85. The molecular formula is C15H28O2Si. The molecule has 2 nitrogen and oxygen atoms in total. The van der Waals surface area contributed by atoms with Crippen LogP contribution in [-0.2, 0) is 4.43 Å². The fraction of sp³-hybridized carbons (Fsp3) is 0.867. The van der Waals surface area contributed by atoms with E-state index < -0.39 is 20.0 Å². The molecule has 0 heterocycles. The molecule has 1 saturated carbocycles. The van der Waals surface area contributed by atoms with E-state index in [1.807, 2.05) is 13.8 Å². The van der Waals surface area contributed by atoms with Crippen molar-refractivity contribution in [1.82, 2.24) is 0 Å². The van der Waals surface area contributed by atoms with E-state index in [9.17, 15) is 5.11 Å². The van der Waals surface area contributed by atoms with E-state index in [1.54, 1.807) is 0 Å². The molecule has 1 rings (SSSR count). The monoisotopic (exact) mass is 268 g/mol. The molecule has 104 valence electrons. The molecule has 1 N–H and O–H groups in total. The number of hydrogen-bond donors (Lipinski definition) is 1. The maximum Gasteiger partial charge on any atom is 0.185 e. The zero-order valence-electron chi connectivity index (χ0n) is 12.5. The van der Waals surface area contributed by atoms with E-state index in [2.05, 4.69) is 31.5 Å². The van der Waals surface area contributed by atoms with Gasteiger partial charge in [0.1, 0.15) is 11.7 Å². The summed E-state index contributed by atoms with van der Waals surface area (Å²) in [5.74, 6) is 6.51. The molecule has 0 aromatic rings. The highest BCUT2D eigenvalue weighted by atomic mass is 28.4. The Hall–Kier alpha value is -0.303. The first kappa shape index (κ1) is 15.8. The molecule has 0 radical (unpaired) electrons. The van der Waals surface area contributed by atoms with Gasteiger partial charge in [0, 0.05) is 0 Å². The van der Waals surface area contributed by atoms with Gasteiger partial charge in [-0.1, -0.05) is 31.1 Å². The van der Waals surface area contributed by atoms with Crippen LogP contribution < -0.4 is 0 Å². The Bertz CT molecular complexity index is 314. The van der Waals surface area contributed by atoms with Crippen molar-refractivity contribution in [2.75, 3.05) is 0 Å². The van der Waals surface area contributed by atoms with Crippen molar-refractivity contribution in [1.29, 1.82) is 0 Å². The lowest BCUT2D eigenvalue weighted by Crippen LogP contribution is -2.37. The Labute approximate surface area is 113 Å². The highest BCUT2D eigenvalue weighted by Gasteiger charge is 2.26. The normalized spacial score (nSPS) is 20.1. The lowest BCUT2D eigenvalue weighted by molar-refractivity contribution is 0.130. The lowest BCUT2D eigenvalue weighted by Gasteiger charge is -2.29. The van der Waals surface area contributed by atoms with Gasteiger partial charge in [-0.05, 0) is 52.2 Å². The third-order valence-corrected chi connectivity index (χ3v) is 4.30. The molecule has 1 aliphatic carbocycles. The molecule has 1 aliphatic rings. The molecular weight excluding hydrogens is 240 g/mol. The Balaban J connectivity index is 2.57. The van der Waals surface area contributed by atoms with Crippen molar-refractivity contribution >= 4 is 8.32 Å². The summed E-state index contributed by atoms with van der Waals surface area (Å²) in [5, 5.41) is 10.1. The first-order chi connectivity index (χ1) is 8.20. The summed E-state index contributed by atoms with van der Waals surface area (Å²) in [5.41, 5.74) is -0.444. The van der Waals surface area contributed by atoms with Gasteiger partial charge in [0.15, 0.2) is 8.32 Å². The minimum Gasteiger partial charge on any atom is -0.402 e. The maximum atomic E-state index is 10.1. The molecule has 0 aromatic carbocycles. The van der Waals surface area contributed by atoms with E-state index in [0.717, 1.165) is 12.8 Å². The topological polar surface area (TPSA) is 29.5 Å². The quantitative estimate of drug-likeness (QED) is 0.626. The van der Waals surface area contributed by atoms with E-state index in [-0.39, 0.29) is 0 Å². The second kappa shape index (κ2) is 6.23. The minimum atomic E-state index is -1.59. The molecule has 3 heteroatoms. The second-order valence-corrected chi connectivity index (χ2v) is 11.3. The summed E-state index contributed by atoms with van der Waals surface area (Å²) in [6, 6.07) is 0. The second-order valence-electron chi connectivity index (χ2n) is 6.84. The summed E-state index contributed by atoms with van der Waals surface area (Å²) in [6.45, 7) is 10.5. The highest BCUT2D eigenvalue weighted by molar-refractivity contribution is 6.69. The highest BCUT2D eigenvalue weighted by Crippen LogP contribution is 2.26. The average Bonchev–Trinajstić information content (AvgIpc) is 2.24. The van der Waals surface area contributed by atoms with Crippen molar-refractivity contribution in [3.8, 4) is 11.8 Å². The zero-order valence-corrected chi connectivity index (χ0v) is 13.5. The molecule has 1 atom stereocenters. The van der Waals surface area contributed by atoms with Crippen LogP contribution in [0.4, 0.5) is 0 Å². The minimum absolute atomic E-state index is 0.369. The number of aliphatic hydroxyl groups is 1. The molecule has 1 fully saturated rings. The van der Waals surface area contributed by atoms with Crippen molar-refractivity contribution in [2.45, 2.75) is 77.3 Å². The van der Waals surface area contributed by atoms with Gasteiger partial charge in [-0.2, -0.15) is 0 Å². The van der Waals surface area contributed by atoms with Gasteiger partial charge in [-0.15, -0.1) is 0 Å². The van der Waals surface area contributed by atoms with Crippen LogP contribution in [-0.4, -0.2) is 25.1 Å². The summed E-state index contributed by atoms with van der Waals surface area (Å²) in [7, 11) is -1.59. The number of aliphatic hydroxyl groups excluding tert-OH is 1. The molecule has 0 aromatic heterocycles. The van der Waals surface area contributed by atoms with Gasteiger partial charge in [0.25, 0.3) is 0 Å². The molecule has 0 spiro atoms. The Morgan fingerprint density at radius 1 is 1.17 bits per heavy atom. The van der Waals surface area contributed by atoms with E-state index in [1.165, 1.54) is 19.3 Å². The van der Waals surface area contributed by atoms with Crippen LogP contribution in [0.15, 0.2) is 0 Å². The first-order valence-electron chi connectivity index (χ1n) is 7.10. The van der Waals surface area contributed by atoms with E-state index in [0.29, 0.717) is 5.92 Å². The van der Waals surface area contributed by atoms with E-state index >= 15 is 0 Å². The Morgan fingerprint density at radius 3 is 2.22 bits per heavy atom. The zero-order chi connectivity index (χ0) is 13.8. The molecule has 0 bridgehead atoms. The van der Waals surface area contributed by atoms with Crippen molar-refractivity contribution < 1.29 is 9.53 Å². The third kappa shape index (κ3) is 6.04. The van der Waals surface area contributed by atoms with Crippen LogP contribution in [0.3, 0.4) is 0 Å². The van der Waals surface area contributed by atoms with Crippen molar-refractivity contribution in [3.05, 3.63) is 0 Å². The van der Waals surface area contributed by atoms with Crippen LogP contribution in [0.1, 0.15) is 46.0 Å². The predicted octanol–water partition coefficient (Wildman–Crippen LogP) is 3.56. The summed E-state index contributed by atoms with van der Waals surface area (Å²) in [6.07, 6.45) is 5.53. The Kier molecular flexibility index (Phi) is 5.45.